The van der Waals surface area contributed by atoms with Crippen LogP contribution in [0.3, 0.4) is 0 Å². The molecule has 0 radical (unpaired) electrons. The highest BCUT2D eigenvalue weighted by Gasteiger charge is 2.22. The zero-order chi connectivity index (χ0) is 13.4. The van der Waals surface area contributed by atoms with Gasteiger partial charge in [0.05, 0.1) is 6.04 Å². The first-order valence-electron chi connectivity index (χ1n) is 6.55. The Morgan fingerprint density at radius 2 is 2.11 bits per heavy atom. The van der Waals surface area contributed by atoms with Crippen LogP contribution in [0.1, 0.15) is 29.2 Å². The molecule has 1 aliphatic carbocycles. The van der Waals surface area contributed by atoms with Gasteiger partial charge in [0, 0.05) is 16.9 Å². The number of anilines is 2. The molecule has 0 aliphatic heterocycles. The van der Waals surface area contributed by atoms with E-state index in [9.17, 15) is 4.39 Å². The lowest BCUT2D eigenvalue weighted by Gasteiger charge is -2.17. The number of halogens is 1. The summed E-state index contributed by atoms with van der Waals surface area (Å²) in [6.45, 7) is 1.80. The minimum absolute atomic E-state index is 0.166. The third-order valence-corrected chi connectivity index (χ3v) is 3.84. The molecule has 0 spiro atoms. The van der Waals surface area contributed by atoms with E-state index in [1.54, 1.807) is 13.0 Å². The molecule has 0 amide bonds. The molecule has 2 nitrogen and oxygen atoms in total. The fraction of sp³-hybridized carbons (Fsp3) is 0.250. The molecule has 1 atom stereocenters. The van der Waals surface area contributed by atoms with Crippen LogP contribution in [0.15, 0.2) is 36.4 Å². The van der Waals surface area contributed by atoms with Crippen LogP contribution in [0.4, 0.5) is 15.8 Å². The van der Waals surface area contributed by atoms with Gasteiger partial charge < -0.3 is 11.1 Å². The maximum absolute atomic E-state index is 13.5. The van der Waals surface area contributed by atoms with E-state index < -0.39 is 0 Å². The van der Waals surface area contributed by atoms with Gasteiger partial charge in [-0.1, -0.05) is 12.1 Å². The smallest absolute Gasteiger partial charge is 0.128 e. The van der Waals surface area contributed by atoms with E-state index in [1.165, 1.54) is 17.2 Å². The van der Waals surface area contributed by atoms with E-state index in [4.69, 9.17) is 5.73 Å². The number of aryl methyl sites for hydroxylation is 1. The Morgan fingerprint density at radius 1 is 1.26 bits per heavy atom. The van der Waals surface area contributed by atoms with Crippen molar-refractivity contribution >= 4 is 11.4 Å². The van der Waals surface area contributed by atoms with Crippen molar-refractivity contribution in [2.75, 3.05) is 11.1 Å². The molecular weight excluding hydrogens is 239 g/mol. The molecule has 98 valence electrons. The first-order chi connectivity index (χ1) is 9.15. The van der Waals surface area contributed by atoms with E-state index in [2.05, 4.69) is 11.4 Å². The average Bonchev–Trinajstić information content (AvgIpc) is 2.77. The van der Waals surface area contributed by atoms with Gasteiger partial charge in [0.15, 0.2) is 0 Å². The second-order valence-corrected chi connectivity index (χ2v) is 5.11. The largest absolute Gasteiger partial charge is 0.399 e. The lowest BCUT2D eigenvalue weighted by Crippen LogP contribution is -2.08. The third kappa shape index (κ3) is 2.16. The molecule has 0 saturated heterocycles. The Bertz CT molecular complexity index is 622. The van der Waals surface area contributed by atoms with Crippen LogP contribution < -0.4 is 11.1 Å². The van der Waals surface area contributed by atoms with Gasteiger partial charge in [0.1, 0.15) is 5.82 Å². The van der Waals surface area contributed by atoms with Crippen molar-refractivity contribution < 1.29 is 4.39 Å². The maximum Gasteiger partial charge on any atom is 0.128 e. The van der Waals surface area contributed by atoms with Gasteiger partial charge >= 0.3 is 0 Å². The molecule has 3 heteroatoms. The molecule has 0 bridgehead atoms. The predicted octanol–water partition coefficient (Wildman–Crippen LogP) is 3.82. The summed E-state index contributed by atoms with van der Waals surface area (Å²) in [5, 5.41) is 3.44. The minimum atomic E-state index is -0.166. The standard InChI is InChI=1S/C16H17FN2/c1-10-14(17)3-2-4-15(10)19-16-8-5-11-9-12(18)6-7-13(11)16/h2-4,6-7,9,16,19H,5,8,18H2,1H3. The number of hydrogen-bond acceptors (Lipinski definition) is 2. The maximum atomic E-state index is 13.5. The summed E-state index contributed by atoms with van der Waals surface area (Å²) < 4.78 is 13.5. The lowest BCUT2D eigenvalue weighted by molar-refractivity contribution is 0.618. The van der Waals surface area contributed by atoms with Crippen LogP contribution in [0, 0.1) is 12.7 Å². The van der Waals surface area contributed by atoms with Gasteiger partial charge in [-0.05, 0) is 55.2 Å². The van der Waals surface area contributed by atoms with Crippen LogP contribution in [-0.2, 0) is 6.42 Å². The number of hydrogen-bond donors (Lipinski definition) is 2. The molecule has 1 unspecified atom stereocenters. The molecule has 1 aliphatic rings. The van der Waals surface area contributed by atoms with Crippen LogP contribution in [0.2, 0.25) is 0 Å². The third-order valence-electron chi connectivity index (χ3n) is 3.84. The monoisotopic (exact) mass is 256 g/mol. The first-order valence-corrected chi connectivity index (χ1v) is 6.55. The van der Waals surface area contributed by atoms with Crippen LogP contribution >= 0.6 is 0 Å². The first kappa shape index (κ1) is 12.0. The highest BCUT2D eigenvalue weighted by Crippen LogP contribution is 2.35. The van der Waals surface area contributed by atoms with Crippen LogP contribution in [0.5, 0.6) is 0 Å². The van der Waals surface area contributed by atoms with Crippen molar-refractivity contribution in [3.05, 3.63) is 58.9 Å². The Kier molecular flexibility index (Phi) is 2.90. The van der Waals surface area contributed by atoms with E-state index in [1.807, 2.05) is 18.2 Å². The second kappa shape index (κ2) is 4.57. The zero-order valence-corrected chi connectivity index (χ0v) is 10.9. The average molecular weight is 256 g/mol. The van der Waals surface area contributed by atoms with Gasteiger partial charge in [-0.3, -0.25) is 0 Å². The fourth-order valence-electron chi connectivity index (χ4n) is 2.74. The molecule has 0 saturated carbocycles. The SMILES string of the molecule is Cc1c(F)cccc1NC1CCc2cc(N)ccc21. The summed E-state index contributed by atoms with van der Waals surface area (Å²) in [4.78, 5) is 0. The molecule has 0 fully saturated rings. The Labute approximate surface area is 112 Å². The summed E-state index contributed by atoms with van der Waals surface area (Å²) in [6, 6.07) is 11.4. The number of fused-ring (bicyclic) bond motifs is 1. The molecule has 2 aromatic carbocycles. The topological polar surface area (TPSA) is 38.0 Å². The van der Waals surface area contributed by atoms with Crippen LogP contribution in [-0.4, -0.2) is 0 Å². The lowest BCUT2D eigenvalue weighted by atomic mass is 10.1. The normalized spacial score (nSPS) is 17.3. The molecule has 0 heterocycles. The summed E-state index contributed by atoms with van der Waals surface area (Å²) in [7, 11) is 0. The van der Waals surface area contributed by atoms with Gasteiger partial charge in [0.25, 0.3) is 0 Å². The molecule has 2 aromatic rings. The predicted molar refractivity (Wildman–Crippen MR) is 76.7 cm³/mol. The number of benzene rings is 2. The summed E-state index contributed by atoms with van der Waals surface area (Å²) >= 11 is 0. The van der Waals surface area contributed by atoms with Gasteiger partial charge in [-0.25, -0.2) is 4.39 Å². The Hall–Kier alpha value is -2.03. The van der Waals surface area contributed by atoms with Crippen LogP contribution in [0.25, 0.3) is 0 Å². The quantitative estimate of drug-likeness (QED) is 0.802. The summed E-state index contributed by atoms with van der Waals surface area (Å²) in [5.41, 5.74) is 10.7. The second-order valence-electron chi connectivity index (χ2n) is 5.11. The van der Waals surface area contributed by atoms with Gasteiger partial charge in [-0.15, -0.1) is 0 Å². The molecular formula is C16H17FN2. The molecule has 0 aromatic heterocycles. The molecule has 3 rings (SSSR count). The highest BCUT2D eigenvalue weighted by atomic mass is 19.1. The van der Waals surface area contributed by atoms with E-state index in [-0.39, 0.29) is 11.9 Å². The number of rotatable bonds is 2. The Balaban J connectivity index is 1.89. The van der Waals surface area contributed by atoms with Crippen molar-refractivity contribution in [3.8, 4) is 0 Å². The molecule has 3 N–H and O–H groups in total. The van der Waals surface area contributed by atoms with Crippen molar-refractivity contribution in [1.82, 2.24) is 0 Å². The number of nitrogens with two attached hydrogens (primary N) is 1. The van der Waals surface area contributed by atoms with Gasteiger partial charge in [0.2, 0.25) is 0 Å². The summed E-state index contributed by atoms with van der Waals surface area (Å²) in [6.07, 6.45) is 2.04. The Morgan fingerprint density at radius 3 is 2.95 bits per heavy atom. The minimum Gasteiger partial charge on any atom is -0.399 e. The van der Waals surface area contributed by atoms with Crippen molar-refractivity contribution in [2.45, 2.75) is 25.8 Å². The van der Waals surface area contributed by atoms with E-state index in [0.717, 1.165) is 24.2 Å². The highest BCUT2D eigenvalue weighted by molar-refractivity contribution is 5.55. The number of nitrogens with one attached hydrogen (secondary N) is 1. The van der Waals surface area contributed by atoms with Crippen molar-refractivity contribution in [2.24, 2.45) is 0 Å². The van der Waals surface area contributed by atoms with Crippen molar-refractivity contribution in [3.63, 3.8) is 0 Å². The zero-order valence-electron chi connectivity index (χ0n) is 10.9. The van der Waals surface area contributed by atoms with E-state index >= 15 is 0 Å². The molecule has 19 heavy (non-hydrogen) atoms. The fourth-order valence-corrected chi connectivity index (χ4v) is 2.74. The van der Waals surface area contributed by atoms with Gasteiger partial charge in [-0.2, -0.15) is 0 Å². The van der Waals surface area contributed by atoms with E-state index in [0.29, 0.717) is 5.56 Å². The van der Waals surface area contributed by atoms with Crippen molar-refractivity contribution in [1.29, 1.82) is 0 Å². The number of nitrogen functional groups attached to an aromatic ring is 1. The summed E-state index contributed by atoms with van der Waals surface area (Å²) in [5.74, 6) is -0.166.